The van der Waals surface area contributed by atoms with Crippen molar-refractivity contribution in [2.24, 2.45) is 11.5 Å². The van der Waals surface area contributed by atoms with Crippen LogP contribution in [0.15, 0.2) is 42.5 Å². The topological polar surface area (TPSA) is 188 Å². The summed E-state index contributed by atoms with van der Waals surface area (Å²) in [4.78, 5) is 28.3. The van der Waals surface area contributed by atoms with Gasteiger partial charge in [0, 0.05) is 26.2 Å². The number of guanidine groups is 2. The van der Waals surface area contributed by atoms with E-state index in [1.165, 1.54) is 12.1 Å². The number of nitrogen functional groups attached to an aromatic ring is 1. The van der Waals surface area contributed by atoms with Gasteiger partial charge in [-0.15, -0.1) is 0 Å². The summed E-state index contributed by atoms with van der Waals surface area (Å²) in [5, 5.41) is 17.3. The van der Waals surface area contributed by atoms with E-state index in [9.17, 15) is 22.8 Å². The lowest BCUT2D eigenvalue weighted by Crippen LogP contribution is -2.39. The molecule has 2 aliphatic heterocycles. The van der Waals surface area contributed by atoms with Gasteiger partial charge in [0.05, 0.1) is 22.0 Å². The molecule has 0 saturated heterocycles. The second-order valence-corrected chi connectivity index (χ2v) is 9.95. The molecule has 4 rings (SSSR count). The van der Waals surface area contributed by atoms with Crippen LogP contribution in [0.2, 0.25) is 5.02 Å². The number of carbonyl (C=O) groups excluding carboxylic acids is 2. The van der Waals surface area contributed by atoms with Gasteiger partial charge in [-0.1, -0.05) is 35.9 Å². The standard InChI is InChI=1S/C27H28ClF3N8O3/c28-21-17(15-7-11-39(12-8-15)26(35)36)2-3-18(22(21)42-24(41)27(29,30)31)23(40)37-20-4-1-16(13-19(20)32)14-5-9-38(10-6-14)25(33)34/h1-5,7,13H,6,8-12,32H2,(H3,33,34)(H3,35,36)(H,37,40). The lowest BCUT2D eigenvalue weighted by Gasteiger charge is -2.27. The Kier molecular flexibility index (Phi) is 8.66. The number of benzene rings is 2. The highest BCUT2D eigenvalue weighted by Crippen LogP contribution is 2.39. The third kappa shape index (κ3) is 6.60. The SMILES string of the molecule is N=C(N)N1CC=C(c2ccc(NC(=O)c3ccc(C4=CCN(C(=N)N)CC4)c(Cl)c3OC(=O)C(F)(F)F)c(N)c2)CC1. The number of carbonyl (C=O) groups is 2. The number of amides is 1. The Morgan fingerprint density at radius 3 is 2.05 bits per heavy atom. The predicted molar refractivity (Wildman–Crippen MR) is 154 cm³/mol. The Bertz CT molecular complexity index is 1520. The van der Waals surface area contributed by atoms with Crippen molar-refractivity contribution >= 4 is 57.9 Å². The first kappa shape index (κ1) is 30.2. The van der Waals surface area contributed by atoms with Gasteiger partial charge in [-0.3, -0.25) is 15.6 Å². The van der Waals surface area contributed by atoms with Crippen LogP contribution in [-0.4, -0.2) is 66.0 Å². The Morgan fingerprint density at radius 1 is 0.952 bits per heavy atom. The quantitative estimate of drug-likeness (QED) is 0.0981. The van der Waals surface area contributed by atoms with E-state index in [2.05, 4.69) is 10.1 Å². The third-order valence-electron chi connectivity index (χ3n) is 6.88. The van der Waals surface area contributed by atoms with Gasteiger partial charge in [-0.2, -0.15) is 13.2 Å². The Labute approximate surface area is 243 Å². The molecule has 2 heterocycles. The van der Waals surface area contributed by atoms with Gasteiger partial charge in [-0.25, -0.2) is 4.79 Å². The molecule has 11 nitrogen and oxygen atoms in total. The van der Waals surface area contributed by atoms with E-state index in [0.717, 1.165) is 11.1 Å². The summed E-state index contributed by atoms with van der Waals surface area (Å²) >= 11 is 6.45. The molecule has 0 saturated carbocycles. The summed E-state index contributed by atoms with van der Waals surface area (Å²) in [5.74, 6) is -4.34. The summed E-state index contributed by atoms with van der Waals surface area (Å²) in [6.45, 7) is 1.65. The number of anilines is 2. The Morgan fingerprint density at radius 2 is 1.55 bits per heavy atom. The molecule has 0 bridgehead atoms. The molecule has 42 heavy (non-hydrogen) atoms. The number of nitrogens with two attached hydrogens (primary N) is 3. The Hall–Kier alpha value is -4.72. The van der Waals surface area contributed by atoms with Gasteiger partial charge in [0.25, 0.3) is 5.91 Å². The maximum absolute atomic E-state index is 13.3. The molecule has 222 valence electrons. The fourth-order valence-electron chi connectivity index (χ4n) is 4.58. The van der Waals surface area contributed by atoms with Crippen LogP contribution in [0.3, 0.4) is 0 Å². The maximum Gasteiger partial charge on any atom is 0.491 e. The zero-order chi connectivity index (χ0) is 30.8. The molecule has 2 aromatic carbocycles. The first-order valence-corrected chi connectivity index (χ1v) is 13.0. The van der Waals surface area contributed by atoms with Crippen LogP contribution in [0.25, 0.3) is 11.1 Å². The number of alkyl halides is 3. The highest BCUT2D eigenvalue weighted by molar-refractivity contribution is 6.35. The van der Waals surface area contributed by atoms with Crippen molar-refractivity contribution in [2.75, 3.05) is 37.2 Å². The maximum atomic E-state index is 13.3. The number of hydrogen-bond donors (Lipinski definition) is 6. The molecule has 2 aromatic rings. The molecule has 2 aliphatic rings. The van der Waals surface area contributed by atoms with E-state index >= 15 is 0 Å². The number of hydrogen-bond acceptors (Lipinski definition) is 6. The molecule has 0 aromatic heterocycles. The van der Waals surface area contributed by atoms with Crippen molar-refractivity contribution in [1.29, 1.82) is 10.8 Å². The van der Waals surface area contributed by atoms with E-state index < -0.39 is 29.4 Å². The summed E-state index contributed by atoms with van der Waals surface area (Å²) in [6.07, 6.45) is -0.754. The third-order valence-corrected chi connectivity index (χ3v) is 7.26. The van der Waals surface area contributed by atoms with Crippen LogP contribution in [0.1, 0.15) is 34.3 Å². The minimum atomic E-state index is -5.34. The average molecular weight is 605 g/mol. The minimum absolute atomic E-state index is 0.0219. The summed E-state index contributed by atoms with van der Waals surface area (Å²) < 4.78 is 44.0. The van der Waals surface area contributed by atoms with E-state index in [-0.39, 0.29) is 40.4 Å². The highest BCUT2D eigenvalue weighted by atomic mass is 35.5. The van der Waals surface area contributed by atoms with Crippen molar-refractivity contribution in [3.63, 3.8) is 0 Å². The predicted octanol–water partition coefficient (Wildman–Crippen LogP) is 3.61. The molecular formula is C27H28ClF3N8O3. The van der Waals surface area contributed by atoms with Crippen LogP contribution in [0.5, 0.6) is 5.75 Å². The lowest BCUT2D eigenvalue weighted by molar-refractivity contribution is -0.189. The van der Waals surface area contributed by atoms with E-state index in [0.29, 0.717) is 38.0 Å². The minimum Gasteiger partial charge on any atom is -0.417 e. The molecule has 0 unspecified atom stereocenters. The molecule has 0 spiro atoms. The zero-order valence-corrected chi connectivity index (χ0v) is 22.9. The fourth-order valence-corrected chi connectivity index (χ4v) is 4.91. The van der Waals surface area contributed by atoms with E-state index in [1.54, 1.807) is 34.1 Å². The van der Waals surface area contributed by atoms with Crippen LogP contribution in [0.4, 0.5) is 24.5 Å². The molecular weight excluding hydrogens is 577 g/mol. The average Bonchev–Trinajstić information content (AvgIpc) is 2.94. The number of rotatable bonds is 5. The van der Waals surface area contributed by atoms with Crippen molar-refractivity contribution in [2.45, 2.75) is 19.0 Å². The monoisotopic (exact) mass is 604 g/mol. The molecule has 0 aliphatic carbocycles. The summed E-state index contributed by atoms with van der Waals surface area (Å²) in [5.41, 5.74) is 19.9. The van der Waals surface area contributed by atoms with Crippen LogP contribution < -0.4 is 27.3 Å². The second kappa shape index (κ2) is 12.0. The normalized spacial score (nSPS) is 15.4. The molecule has 0 fully saturated rings. The zero-order valence-electron chi connectivity index (χ0n) is 22.1. The number of esters is 1. The van der Waals surface area contributed by atoms with Crippen LogP contribution >= 0.6 is 11.6 Å². The molecule has 9 N–H and O–H groups in total. The van der Waals surface area contributed by atoms with E-state index in [1.807, 2.05) is 6.08 Å². The van der Waals surface area contributed by atoms with Crippen LogP contribution in [0, 0.1) is 10.8 Å². The van der Waals surface area contributed by atoms with Gasteiger partial charge in [0.2, 0.25) is 0 Å². The molecule has 1 amide bonds. The van der Waals surface area contributed by atoms with Crippen molar-refractivity contribution in [3.05, 3.63) is 64.2 Å². The van der Waals surface area contributed by atoms with Crippen LogP contribution in [-0.2, 0) is 4.79 Å². The van der Waals surface area contributed by atoms with Crippen molar-refractivity contribution < 1.29 is 27.5 Å². The fraction of sp³-hybridized carbons (Fsp3) is 0.259. The highest BCUT2D eigenvalue weighted by Gasteiger charge is 2.42. The number of ether oxygens (including phenoxy) is 1. The largest absolute Gasteiger partial charge is 0.491 e. The number of halogens is 4. The smallest absolute Gasteiger partial charge is 0.417 e. The lowest BCUT2D eigenvalue weighted by atomic mass is 9.97. The summed E-state index contributed by atoms with van der Waals surface area (Å²) in [7, 11) is 0. The van der Waals surface area contributed by atoms with Gasteiger partial charge in [-0.05, 0) is 53.3 Å². The van der Waals surface area contributed by atoms with Crippen molar-refractivity contribution in [1.82, 2.24) is 9.80 Å². The molecule has 15 heteroatoms. The second-order valence-electron chi connectivity index (χ2n) is 9.57. The van der Waals surface area contributed by atoms with E-state index in [4.69, 9.17) is 39.6 Å². The molecule has 0 atom stereocenters. The summed E-state index contributed by atoms with van der Waals surface area (Å²) in [6, 6.07) is 7.58. The van der Waals surface area contributed by atoms with Gasteiger partial charge in [0.1, 0.15) is 0 Å². The Balaban J connectivity index is 1.62. The van der Waals surface area contributed by atoms with Gasteiger partial charge in [0.15, 0.2) is 17.7 Å². The number of nitrogens with zero attached hydrogens (tertiary/aromatic N) is 2. The van der Waals surface area contributed by atoms with Gasteiger partial charge < -0.3 is 37.1 Å². The molecule has 0 radical (unpaired) electrons. The van der Waals surface area contributed by atoms with Gasteiger partial charge >= 0.3 is 12.1 Å². The number of nitrogens with one attached hydrogen (secondary N) is 3. The van der Waals surface area contributed by atoms with Crippen molar-refractivity contribution in [3.8, 4) is 5.75 Å². The first-order valence-electron chi connectivity index (χ1n) is 12.7. The first-order chi connectivity index (χ1) is 19.8.